The van der Waals surface area contributed by atoms with E-state index in [2.05, 4.69) is 12.2 Å². The molecule has 2 aliphatic rings. The number of imide groups is 1. The molecule has 2 aromatic carbocycles. The molecule has 1 heterocycles. The van der Waals surface area contributed by atoms with Crippen LogP contribution in [-0.2, 0) is 9.59 Å². The molecule has 1 aliphatic carbocycles. The van der Waals surface area contributed by atoms with Crippen molar-refractivity contribution < 1.29 is 14.4 Å². The minimum Gasteiger partial charge on any atom is -0.322 e. The third-order valence-electron chi connectivity index (χ3n) is 6.34. The minimum atomic E-state index is -0.221. The molecule has 5 heteroatoms. The van der Waals surface area contributed by atoms with Gasteiger partial charge in [0.2, 0.25) is 11.8 Å². The molecule has 0 unspecified atom stereocenters. The number of benzene rings is 2. The third kappa shape index (κ3) is 3.57. The van der Waals surface area contributed by atoms with Gasteiger partial charge in [0.25, 0.3) is 5.91 Å². The van der Waals surface area contributed by atoms with Gasteiger partial charge in [-0.15, -0.1) is 0 Å². The zero-order valence-corrected chi connectivity index (χ0v) is 17.1. The lowest BCUT2D eigenvalue weighted by Crippen LogP contribution is -2.30. The minimum absolute atomic E-state index is 0.0979. The number of hydrogen-bond donors (Lipinski definition) is 1. The van der Waals surface area contributed by atoms with Crippen molar-refractivity contribution in [3.63, 3.8) is 0 Å². The van der Waals surface area contributed by atoms with Crippen LogP contribution in [0.2, 0.25) is 0 Å². The molecule has 3 amide bonds. The number of rotatable bonds is 3. The van der Waals surface area contributed by atoms with Gasteiger partial charge in [0.1, 0.15) is 0 Å². The van der Waals surface area contributed by atoms with Gasteiger partial charge in [-0.3, -0.25) is 19.3 Å². The Morgan fingerprint density at radius 1 is 0.931 bits per heavy atom. The van der Waals surface area contributed by atoms with Crippen molar-refractivity contribution in [2.45, 2.75) is 40.0 Å². The number of carbonyl (C=O) groups is 3. The van der Waals surface area contributed by atoms with Gasteiger partial charge < -0.3 is 5.32 Å². The summed E-state index contributed by atoms with van der Waals surface area (Å²) in [4.78, 5) is 39.5. The number of aryl methyl sites for hydroxylation is 2. The van der Waals surface area contributed by atoms with E-state index in [-0.39, 0.29) is 29.6 Å². The number of anilines is 2. The zero-order valence-electron chi connectivity index (χ0n) is 17.1. The van der Waals surface area contributed by atoms with E-state index in [0.717, 1.165) is 30.5 Å². The Hall–Kier alpha value is -2.95. The van der Waals surface area contributed by atoms with Gasteiger partial charge in [0, 0.05) is 11.3 Å². The fourth-order valence-electron chi connectivity index (χ4n) is 4.43. The fourth-order valence-corrected chi connectivity index (χ4v) is 4.43. The van der Waals surface area contributed by atoms with Gasteiger partial charge in [-0.25, -0.2) is 0 Å². The van der Waals surface area contributed by atoms with Crippen molar-refractivity contribution >= 4 is 29.1 Å². The number of nitrogens with zero attached hydrogens (tertiary/aromatic N) is 1. The van der Waals surface area contributed by atoms with Crippen molar-refractivity contribution in [2.24, 2.45) is 17.8 Å². The van der Waals surface area contributed by atoms with Crippen LogP contribution in [0.5, 0.6) is 0 Å². The van der Waals surface area contributed by atoms with E-state index in [1.165, 1.54) is 10.5 Å². The first kappa shape index (κ1) is 19.4. The molecular weight excluding hydrogens is 364 g/mol. The van der Waals surface area contributed by atoms with E-state index < -0.39 is 0 Å². The van der Waals surface area contributed by atoms with E-state index in [1.807, 2.05) is 32.0 Å². The molecule has 4 rings (SSSR count). The van der Waals surface area contributed by atoms with E-state index in [0.29, 0.717) is 17.2 Å². The molecule has 1 N–H and O–H groups in total. The normalized spacial score (nSPS) is 23.8. The lowest BCUT2D eigenvalue weighted by Gasteiger charge is -2.25. The van der Waals surface area contributed by atoms with Gasteiger partial charge in [0.05, 0.1) is 17.5 Å². The second-order valence-corrected chi connectivity index (χ2v) is 8.44. The van der Waals surface area contributed by atoms with Crippen LogP contribution in [0.25, 0.3) is 0 Å². The quantitative estimate of drug-likeness (QED) is 0.786. The van der Waals surface area contributed by atoms with Gasteiger partial charge in [0.15, 0.2) is 0 Å². The maximum Gasteiger partial charge on any atom is 0.255 e. The highest BCUT2D eigenvalue weighted by molar-refractivity contribution is 6.22. The number of amides is 3. The van der Waals surface area contributed by atoms with E-state index >= 15 is 0 Å². The van der Waals surface area contributed by atoms with Gasteiger partial charge in [-0.2, -0.15) is 0 Å². The first-order valence-electron chi connectivity index (χ1n) is 10.2. The third-order valence-corrected chi connectivity index (χ3v) is 6.34. The molecular formula is C24H26N2O3. The summed E-state index contributed by atoms with van der Waals surface area (Å²) < 4.78 is 0. The molecule has 2 aromatic rings. The number of carbonyl (C=O) groups excluding carboxylic acids is 3. The van der Waals surface area contributed by atoms with Gasteiger partial charge >= 0.3 is 0 Å². The molecule has 5 nitrogen and oxygen atoms in total. The SMILES string of the molecule is Cc1ccc(NC(=O)c2ccc(N3C(=O)[C@H]4CC[C@@H](C)C[C@@H]4C3=O)cc2)cc1C. The average Bonchev–Trinajstić information content (AvgIpc) is 2.94. The smallest absolute Gasteiger partial charge is 0.255 e. The molecule has 1 saturated carbocycles. The van der Waals surface area contributed by atoms with Crippen LogP contribution >= 0.6 is 0 Å². The van der Waals surface area contributed by atoms with Crippen molar-refractivity contribution in [3.05, 3.63) is 59.2 Å². The second kappa shape index (κ2) is 7.47. The van der Waals surface area contributed by atoms with Gasteiger partial charge in [-0.05, 0) is 86.6 Å². The largest absolute Gasteiger partial charge is 0.322 e. The van der Waals surface area contributed by atoms with Gasteiger partial charge in [-0.1, -0.05) is 13.0 Å². The fraction of sp³-hybridized carbons (Fsp3) is 0.375. The topological polar surface area (TPSA) is 66.5 Å². The molecule has 29 heavy (non-hydrogen) atoms. The molecule has 150 valence electrons. The predicted molar refractivity (Wildman–Crippen MR) is 113 cm³/mol. The van der Waals surface area contributed by atoms with Crippen molar-refractivity contribution in [2.75, 3.05) is 10.2 Å². The average molecular weight is 390 g/mol. The van der Waals surface area contributed by atoms with Crippen LogP contribution in [-0.4, -0.2) is 17.7 Å². The van der Waals surface area contributed by atoms with Crippen molar-refractivity contribution in [1.29, 1.82) is 0 Å². The summed E-state index contributed by atoms with van der Waals surface area (Å²) in [5, 5.41) is 2.89. The Morgan fingerprint density at radius 2 is 1.62 bits per heavy atom. The number of hydrogen-bond acceptors (Lipinski definition) is 3. The van der Waals surface area contributed by atoms with E-state index in [1.54, 1.807) is 24.3 Å². The highest BCUT2D eigenvalue weighted by Crippen LogP contribution is 2.42. The van der Waals surface area contributed by atoms with Crippen LogP contribution in [0.3, 0.4) is 0 Å². The molecule has 1 aliphatic heterocycles. The van der Waals surface area contributed by atoms with Crippen molar-refractivity contribution in [1.82, 2.24) is 0 Å². The first-order chi connectivity index (χ1) is 13.8. The predicted octanol–water partition coefficient (Wildman–Crippen LogP) is 4.48. The van der Waals surface area contributed by atoms with Crippen LogP contribution in [0, 0.1) is 31.6 Å². The number of fused-ring (bicyclic) bond motifs is 1. The first-order valence-corrected chi connectivity index (χ1v) is 10.2. The maximum absolute atomic E-state index is 12.8. The summed E-state index contributed by atoms with van der Waals surface area (Å²) in [6, 6.07) is 12.5. The zero-order chi connectivity index (χ0) is 20.7. The van der Waals surface area contributed by atoms with E-state index in [4.69, 9.17) is 0 Å². The standard InChI is InChI=1S/C24H26N2O3/c1-14-4-11-20-21(12-14)24(29)26(23(20)28)19-9-6-17(7-10-19)22(27)25-18-8-5-15(2)16(3)13-18/h5-10,13-14,20-21H,4,11-12H2,1-3H3,(H,25,27)/t14-,20+,21+/m1/s1. The van der Waals surface area contributed by atoms with Crippen LogP contribution in [0.1, 0.15) is 47.7 Å². The Kier molecular flexibility index (Phi) is 4.99. The lowest BCUT2D eigenvalue weighted by atomic mass is 9.76. The Morgan fingerprint density at radius 3 is 2.31 bits per heavy atom. The van der Waals surface area contributed by atoms with Crippen LogP contribution < -0.4 is 10.2 Å². The summed E-state index contributed by atoms with van der Waals surface area (Å²) in [5.41, 5.74) is 4.05. The molecule has 3 atom stereocenters. The Balaban J connectivity index is 1.50. The molecule has 1 saturated heterocycles. The van der Waals surface area contributed by atoms with E-state index in [9.17, 15) is 14.4 Å². The monoisotopic (exact) mass is 390 g/mol. The molecule has 0 radical (unpaired) electrons. The Labute approximate surface area is 171 Å². The summed E-state index contributed by atoms with van der Waals surface area (Å²) >= 11 is 0. The summed E-state index contributed by atoms with van der Waals surface area (Å²) in [6.45, 7) is 6.17. The molecule has 0 spiro atoms. The highest BCUT2D eigenvalue weighted by Gasteiger charge is 2.49. The molecule has 0 aromatic heterocycles. The number of nitrogens with one attached hydrogen (secondary N) is 1. The summed E-state index contributed by atoms with van der Waals surface area (Å²) in [7, 11) is 0. The molecule has 2 fully saturated rings. The summed E-state index contributed by atoms with van der Waals surface area (Å²) in [6.07, 6.45) is 2.55. The Bertz CT molecular complexity index is 980. The lowest BCUT2D eigenvalue weighted by molar-refractivity contribution is -0.122. The van der Waals surface area contributed by atoms with Crippen LogP contribution in [0.4, 0.5) is 11.4 Å². The summed E-state index contributed by atoms with van der Waals surface area (Å²) in [5.74, 6) is -0.325. The maximum atomic E-state index is 12.8. The second-order valence-electron chi connectivity index (χ2n) is 8.44. The van der Waals surface area contributed by atoms with Crippen LogP contribution in [0.15, 0.2) is 42.5 Å². The van der Waals surface area contributed by atoms with Crippen molar-refractivity contribution in [3.8, 4) is 0 Å². The molecule has 0 bridgehead atoms. The highest BCUT2D eigenvalue weighted by atomic mass is 16.2.